The maximum absolute atomic E-state index is 12.9. The summed E-state index contributed by atoms with van der Waals surface area (Å²) in [6.07, 6.45) is 4.37. The molecule has 1 saturated heterocycles. The van der Waals surface area contributed by atoms with E-state index in [9.17, 15) is 9.59 Å². The lowest BCUT2D eigenvalue weighted by Gasteiger charge is -2.41. The van der Waals surface area contributed by atoms with Crippen molar-refractivity contribution in [2.75, 3.05) is 0 Å². The molecule has 2 rings (SSSR count). The molecule has 1 fully saturated rings. The van der Waals surface area contributed by atoms with Gasteiger partial charge in [0.15, 0.2) is 0 Å². The zero-order valence-corrected chi connectivity index (χ0v) is 13.1. The van der Waals surface area contributed by atoms with Gasteiger partial charge in [-0.15, -0.1) is 0 Å². The lowest BCUT2D eigenvalue weighted by molar-refractivity contribution is 0.0431. The van der Waals surface area contributed by atoms with Crippen molar-refractivity contribution in [2.45, 2.75) is 58.0 Å². The summed E-state index contributed by atoms with van der Waals surface area (Å²) in [5.74, 6) is -0.442. The Kier molecular flexibility index (Phi) is 4.35. The predicted octanol–water partition coefficient (Wildman–Crippen LogP) is 2.97. The van der Waals surface area contributed by atoms with Gasteiger partial charge in [-0.3, -0.25) is 9.59 Å². The lowest BCUT2D eigenvalue weighted by Crippen LogP contribution is -2.51. The van der Waals surface area contributed by atoms with Crippen molar-refractivity contribution < 1.29 is 9.59 Å². The van der Waals surface area contributed by atoms with Gasteiger partial charge in [-0.2, -0.15) is 0 Å². The van der Waals surface area contributed by atoms with Crippen LogP contribution in [0.5, 0.6) is 0 Å². The molecule has 21 heavy (non-hydrogen) atoms. The zero-order valence-electron chi connectivity index (χ0n) is 13.1. The van der Waals surface area contributed by atoms with Crippen molar-refractivity contribution >= 4 is 11.8 Å². The molecule has 2 N–H and O–H groups in total. The monoisotopic (exact) mass is 288 g/mol. The smallest absolute Gasteiger partial charge is 0.254 e. The fourth-order valence-electron chi connectivity index (χ4n) is 3.23. The molecule has 2 amide bonds. The van der Waals surface area contributed by atoms with E-state index in [4.69, 9.17) is 5.73 Å². The fraction of sp³-hybridized carbons (Fsp3) is 0.529. The summed E-state index contributed by atoms with van der Waals surface area (Å²) >= 11 is 0. The quantitative estimate of drug-likeness (QED) is 0.909. The number of carbonyl (C=O) groups excluding carboxylic acids is 2. The molecule has 0 saturated carbocycles. The van der Waals surface area contributed by atoms with Crippen LogP contribution in [0.15, 0.2) is 24.3 Å². The molecule has 0 spiro atoms. The van der Waals surface area contributed by atoms with Crippen LogP contribution in [0.2, 0.25) is 0 Å². The van der Waals surface area contributed by atoms with E-state index in [2.05, 4.69) is 20.8 Å². The summed E-state index contributed by atoms with van der Waals surface area (Å²) in [7, 11) is 0. The third kappa shape index (κ3) is 3.26. The largest absolute Gasteiger partial charge is 0.366 e. The standard InChI is InChI=1S/C17H24N2O2/c1-12-6-4-5-11-17(2,3)19(12)16(21)14-9-7-13(8-10-14)15(18)20/h7-10,12H,4-6,11H2,1-3H3,(H2,18,20). The van der Waals surface area contributed by atoms with Crippen LogP contribution in [0.3, 0.4) is 0 Å². The minimum Gasteiger partial charge on any atom is -0.366 e. The molecule has 1 atom stereocenters. The molecule has 114 valence electrons. The van der Waals surface area contributed by atoms with Crippen molar-refractivity contribution in [3.63, 3.8) is 0 Å². The van der Waals surface area contributed by atoms with E-state index in [1.54, 1.807) is 24.3 Å². The van der Waals surface area contributed by atoms with Crippen molar-refractivity contribution in [1.29, 1.82) is 0 Å². The first-order chi connectivity index (χ1) is 9.83. The third-order valence-electron chi connectivity index (χ3n) is 4.39. The molecule has 1 unspecified atom stereocenters. The van der Waals surface area contributed by atoms with E-state index >= 15 is 0 Å². The highest BCUT2D eigenvalue weighted by molar-refractivity contribution is 5.97. The van der Waals surface area contributed by atoms with Crippen LogP contribution in [-0.2, 0) is 0 Å². The molecule has 0 aromatic heterocycles. The van der Waals surface area contributed by atoms with Crippen LogP contribution in [0, 0.1) is 0 Å². The third-order valence-corrected chi connectivity index (χ3v) is 4.39. The van der Waals surface area contributed by atoms with E-state index in [-0.39, 0.29) is 17.5 Å². The Morgan fingerprint density at radius 2 is 1.71 bits per heavy atom. The zero-order chi connectivity index (χ0) is 15.6. The topological polar surface area (TPSA) is 63.4 Å². The van der Waals surface area contributed by atoms with Gasteiger partial charge in [0.05, 0.1) is 0 Å². The number of hydrogen-bond acceptors (Lipinski definition) is 2. The van der Waals surface area contributed by atoms with E-state index < -0.39 is 5.91 Å². The molecular formula is C17H24N2O2. The Bertz CT molecular complexity index is 534. The molecular weight excluding hydrogens is 264 g/mol. The van der Waals surface area contributed by atoms with Crippen LogP contribution < -0.4 is 5.73 Å². The number of nitrogens with zero attached hydrogens (tertiary/aromatic N) is 1. The SMILES string of the molecule is CC1CCCCC(C)(C)N1C(=O)c1ccc(C(N)=O)cc1. The number of nitrogens with two attached hydrogens (primary N) is 1. The molecule has 0 radical (unpaired) electrons. The highest BCUT2D eigenvalue weighted by atomic mass is 16.2. The van der Waals surface area contributed by atoms with Gasteiger partial charge in [-0.1, -0.05) is 12.8 Å². The Morgan fingerprint density at radius 3 is 2.29 bits per heavy atom. The molecule has 1 aliphatic rings. The molecule has 1 aromatic rings. The average molecular weight is 288 g/mol. The summed E-state index contributed by atoms with van der Waals surface area (Å²) < 4.78 is 0. The van der Waals surface area contributed by atoms with Gasteiger partial charge in [0.1, 0.15) is 0 Å². The minimum atomic E-state index is -0.475. The maximum Gasteiger partial charge on any atom is 0.254 e. The number of rotatable bonds is 2. The maximum atomic E-state index is 12.9. The molecule has 1 aliphatic heterocycles. The van der Waals surface area contributed by atoms with E-state index in [0.717, 1.165) is 25.7 Å². The number of benzene rings is 1. The lowest BCUT2D eigenvalue weighted by atomic mass is 9.95. The van der Waals surface area contributed by atoms with Crippen LogP contribution in [0.4, 0.5) is 0 Å². The second-order valence-corrected chi connectivity index (χ2v) is 6.52. The van der Waals surface area contributed by atoms with Crippen molar-refractivity contribution in [2.24, 2.45) is 5.73 Å². The normalized spacial score (nSPS) is 21.7. The molecule has 0 bridgehead atoms. The predicted molar refractivity (Wildman–Crippen MR) is 83.1 cm³/mol. The van der Waals surface area contributed by atoms with E-state index in [1.807, 2.05) is 4.90 Å². The van der Waals surface area contributed by atoms with Crippen LogP contribution in [0.1, 0.15) is 67.2 Å². The number of hydrogen-bond donors (Lipinski definition) is 1. The summed E-state index contributed by atoms with van der Waals surface area (Å²) in [4.78, 5) is 26.0. The molecule has 0 aliphatic carbocycles. The highest BCUT2D eigenvalue weighted by Crippen LogP contribution is 2.31. The summed E-state index contributed by atoms with van der Waals surface area (Å²) in [6.45, 7) is 6.37. The van der Waals surface area contributed by atoms with Crippen LogP contribution in [0.25, 0.3) is 0 Å². The van der Waals surface area contributed by atoms with Gasteiger partial charge in [0.25, 0.3) is 5.91 Å². The van der Waals surface area contributed by atoms with Crippen LogP contribution in [-0.4, -0.2) is 28.3 Å². The first-order valence-electron chi connectivity index (χ1n) is 7.56. The summed E-state index contributed by atoms with van der Waals surface area (Å²) in [6, 6.07) is 6.84. The van der Waals surface area contributed by atoms with Crippen molar-refractivity contribution in [3.8, 4) is 0 Å². The summed E-state index contributed by atoms with van der Waals surface area (Å²) in [5, 5.41) is 0. The second-order valence-electron chi connectivity index (χ2n) is 6.52. The van der Waals surface area contributed by atoms with Gasteiger partial charge in [0, 0.05) is 22.7 Å². The first-order valence-corrected chi connectivity index (χ1v) is 7.56. The molecule has 4 nitrogen and oxygen atoms in total. The Hall–Kier alpha value is -1.84. The minimum absolute atomic E-state index is 0.0328. The number of carbonyl (C=O) groups is 2. The number of amides is 2. The fourth-order valence-corrected chi connectivity index (χ4v) is 3.23. The number of likely N-dealkylation sites (tertiary alicyclic amines) is 1. The number of primary amides is 1. The Labute approximate surface area is 126 Å². The van der Waals surface area contributed by atoms with E-state index in [0.29, 0.717) is 11.1 Å². The van der Waals surface area contributed by atoms with Crippen molar-refractivity contribution in [3.05, 3.63) is 35.4 Å². The molecule has 4 heteroatoms. The molecule has 1 heterocycles. The first kappa shape index (κ1) is 15.5. The summed E-state index contributed by atoms with van der Waals surface area (Å²) in [5.41, 5.74) is 6.13. The Balaban J connectivity index is 2.29. The highest BCUT2D eigenvalue weighted by Gasteiger charge is 2.36. The average Bonchev–Trinajstić information content (AvgIpc) is 2.56. The molecule has 1 aromatic carbocycles. The van der Waals surface area contributed by atoms with Gasteiger partial charge in [-0.25, -0.2) is 0 Å². The van der Waals surface area contributed by atoms with Gasteiger partial charge < -0.3 is 10.6 Å². The Morgan fingerprint density at radius 1 is 1.14 bits per heavy atom. The van der Waals surface area contributed by atoms with Crippen molar-refractivity contribution in [1.82, 2.24) is 4.90 Å². The van der Waals surface area contributed by atoms with Gasteiger partial charge in [-0.05, 0) is 57.9 Å². The van der Waals surface area contributed by atoms with Gasteiger partial charge >= 0.3 is 0 Å². The second kappa shape index (κ2) is 5.88. The van der Waals surface area contributed by atoms with Gasteiger partial charge in [0.2, 0.25) is 5.91 Å². The van der Waals surface area contributed by atoms with Crippen LogP contribution >= 0.6 is 0 Å². The van der Waals surface area contributed by atoms with E-state index in [1.165, 1.54) is 0 Å².